The van der Waals surface area contributed by atoms with Gasteiger partial charge in [0.1, 0.15) is 5.82 Å². The van der Waals surface area contributed by atoms with E-state index in [1.807, 2.05) is 0 Å². The summed E-state index contributed by atoms with van der Waals surface area (Å²) in [7, 11) is 0. The van der Waals surface area contributed by atoms with E-state index < -0.39 is 0 Å². The molecule has 0 unspecified atom stereocenters. The summed E-state index contributed by atoms with van der Waals surface area (Å²) in [5.74, 6) is 0.793. The maximum Gasteiger partial charge on any atom is 0.240 e. The highest BCUT2D eigenvalue weighted by atomic mass is 19.1. The fourth-order valence-electron chi connectivity index (χ4n) is 1.56. The van der Waals surface area contributed by atoms with Gasteiger partial charge in [0.05, 0.1) is 6.54 Å². The van der Waals surface area contributed by atoms with Crippen LogP contribution in [0.15, 0.2) is 28.8 Å². The van der Waals surface area contributed by atoms with Crippen LogP contribution in [0.25, 0.3) is 11.4 Å². The first kappa shape index (κ1) is 10.4. The third-order valence-corrected chi connectivity index (χ3v) is 2.69. The van der Waals surface area contributed by atoms with E-state index in [0.717, 1.165) is 5.56 Å². The van der Waals surface area contributed by atoms with E-state index in [2.05, 4.69) is 15.5 Å². The lowest BCUT2D eigenvalue weighted by atomic mass is 10.2. The summed E-state index contributed by atoms with van der Waals surface area (Å²) in [4.78, 5) is 4.25. The van der Waals surface area contributed by atoms with Crippen LogP contribution in [0.4, 0.5) is 4.39 Å². The molecule has 0 amide bonds. The van der Waals surface area contributed by atoms with E-state index in [9.17, 15) is 4.39 Å². The van der Waals surface area contributed by atoms with Gasteiger partial charge in [0.25, 0.3) is 0 Å². The van der Waals surface area contributed by atoms with Gasteiger partial charge in [0.2, 0.25) is 11.7 Å². The first-order chi connectivity index (χ1) is 8.31. The normalized spacial score (nSPS) is 15.1. The molecule has 0 radical (unpaired) electrons. The second-order valence-corrected chi connectivity index (χ2v) is 4.17. The van der Waals surface area contributed by atoms with Crippen LogP contribution in [0.3, 0.4) is 0 Å². The minimum atomic E-state index is -0.270. The van der Waals surface area contributed by atoms with Gasteiger partial charge in [0, 0.05) is 11.6 Å². The van der Waals surface area contributed by atoms with Gasteiger partial charge in [-0.15, -0.1) is 0 Å². The molecule has 17 heavy (non-hydrogen) atoms. The molecular weight excluding hydrogens is 221 g/mol. The van der Waals surface area contributed by atoms with Crippen LogP contribution >= 0.6 is 0 Å². The molecule has 0 atom stereocenters. The van der Waals surface area contributed by atoms with Gasteiger partial charge in [-0.2, -0.15) is 4.98 Å². The van der Waals surface area contributed by atoms with E-state index in [1.54, 1.807) is 12.1 Å². The third-order valence-electron chi connectivity index (χ3n) is 2.69. The van der Waals surface area contributed by atoms with Crippen molar-refractivity contribution in [2.75, 3.05) is 0 Å². The van der Waals surface area contributed by atoms with Crippen molar-refractivity contribution in [3.05, 3.63) is 36.0 Å². The minimum Gasteiger partial charge on any atom is -0.338 e. The fourth-order valence-corrected chi connectivity index (χ4v) is 1.56. The van der Waals surface area contributed by atoms with Crippen molar-refractivity contribution in [1.29, 1.82) is 0 Å². The standard InChI is InChI=1S/C12H12FN3O/c13-9-3-1-8(2-4-9)12-15-11(17-16-12)7-14-10-5-6-10/h1-4,10,14H,5-7H2. The smallest absolute Gasteiger partial charge is 0.240 e. The Morgan fingerprint density at radius 2 is 2.06 bits per heavy atom. The number of nitrogens with zero attached hydrogens (tertiary/aromatic N) is 2. The Balaban J connectivity index is 1.72. The molecule has 1 aromatic carbocycles. The Bertz CT molecular complexity index is 505. The van der Waals surface area contributed by atoms with Crippen molar-refractivity contribution in [2.24, 2.45) is 0 Å². The lowest BCUT2D eigenvalue weighted by Crippen LogP contribution is -2.15. The molecular formula is C12H12FN3O. The predicted octanol–water partition coefficient (Wildman–Crippen LogP) is 2.13. The summed E-state index contributed by atoms with van der Waals surface area (Å²) in [5.41, 5.74) is 0.757. The molecule has 1 heterocycles. The van der Waals surface area contributed by atoms with E-state index in [4.69, 9.17) is 4.52 Å². The number of rotatable bonds is 4. The summed E-state index contributed by atoms with van der Waals surface area (Å²) >= 11 is 0. The molecule has 1 fully saturated rings. The number of hydrogen-bond donors (Lipinski definition) is 1. The van der Waals surface area contributed by atoms with Crippen molar-refractivity contribution in [3.63, 3.8) is 0 Å². The van der Waals surface area contributed by atoms with Crippen molar-refractivity contribution < 1.29 is 8.91 Å². The molecule has 0 saturated heterocycles. The van der Waals surface area contributed by atoms with E-state index >= 15 is 0 Å². The SMILES string of the molecule is Fc1ccc(-c2noc(CNC3CC3)n2)cc1. The van der Waals surface area contributed by atoms with Crippen LogP contribution in [0, 0.1) is 5.82 Å². The molecule has 0 spiro atoms. The average Bonchev–Trinajstić information content (AvgIpc) is 3.06. The number of halogens is 1. The van der Waals surface area contributed by atoms with Gasteiger partial charge in [-0.25, -0.2) is 4.39 Å². The second kappa shape index (κ2) is 4.25. The van der Waals surface area contributed by atoms with Crippen molar-refractivity contribution in [2.45, 2.75) is 25.4 Å². The Morgan fingerprint density at radius 3 is 2.76 bits per heavy atom. The molecule has 1 aromatic heterocycles. The summed E-state index contributed by atoms with van der Waals surface area (Å²) in [6.45, 7) is 0.596. The molecule has 88 valence electrons. The lowest BCUT2D eigenvalue weighted by molar-refractivity contribution is 0.367. The Hall–Kier alpha value is -1.75. The average molecular weight is 233 g/mol. The van der Waals surface area contributed by atoms with E-state index in [-0.39, 0.29) is 5.82 Å². The topological polar surface area (TPSA) is 51.0 Å². The number of benzene rings is 1. The summed E-state index contributed by atoms with van der Waals surface area (Å²) in [5, 5.41) is 7.16. The molecule has 2 aromatic rings. The van der Waals surface area contributed by atoms with Crippen LogP contribution in [0.2, 0.25) is 0 Å². The number of hydrogen-bond acceptors (Lipinski definition) is 4. The van der Waals surface area contributed by atoms with Crippen LogP contribution in [0.1, 0.15) is 18.7 Å². The molecule has 3 rings (SSSR count). The largest absolute Gasteiger partial charge is 0.338 e. The van der Waals surface area contributed by atoms with Crippen LogP contribution in [0.5, 0.6) is 0 Å². The fraction of sp³-hybridized carbons (Fsp3) is 0.333. The predicted molar refractivity (Wildman–Crippen MR) is 59.6 cm³/mol. The number of aromatic nitrogens is 2. The highest BCUT2D eigenvalue weighted by molar-refractivity contribution is 5.53. The lowest BCUT2D eigenvalue weighted by Gasteiger charge is -1.95. The molecule has 4 nitrogen and oxygen atoms in total. The summed E-state index contributed by atoms with van der Waals surface area (Å²) in [6, 6.07) is 6.65. The van der Waals surface area contributed by atoms with Crippen LogP contribution in [-0.4, -0.2) is 16.2 Å². The highest BCUT2D eigenvalue weighted by Gasteiger charge is 2.21. The zero-order valence-electron chi connectivity index (χ0n) is 9.19. The van der Waals surface area contributed by atoms with Crippen LogP contribution < -0.4 is 5.32 Å². The van der Waals surface area contributed by atoms with Gasteiger partial charge >= 0.3 is 0 Å². The van der Waals surface area contributed by atoms with Gasteiger partial charge in [-0.1, -0.05) is 5.16 Å². The zero-order chi connectivity index (χ0) is 11.7. The van der Waals surface area contributed by atoms with Crippen molar-refractivity contribution >= 4 is 0 Å². The van der Waals surface area contributed by atoms with Gasteiger partial charge in [-0.3, -0.25) is 0 Å². The molecule has 1 aliphatic carbocycles. The monoisotopic (exact) mass is 233 g/mol. The van der Waals surface area contributed by atoms with Gasteiger partial charge in [-0.05, 0) is 37.1 Å². The van der Waals surface area contributed by atoms with E-state index in [0.29, 0.717) is 24.3 Å². The van der Waals surface area contributed by atoms with Crippen molar-refractivity contribution in [1.82, 2.24) is 15.5 Å². The molecule has 0 aliphatic heterocycles. The Kier molecular flexibility index (Phi) is 2.60. The zero-order valence-corrected chi connectivity index (χ0v) is 9.19. The van der Waals surface area contributed by atoms with Crippen molar-refractivity contribution in [3.8, 4) is 11.4 Å². The van der Waals surface area contributed by atoms with Crippen LogP contribution in [-0.2, 0) is 6.54 Å². The van der Waals surface area contributed by atoms with Gasteiger partial charge in [0.15, 0.2) is 0 Å². The highest BCUT2D eigenvalue weighted by Crippen LogP contribution is 2.20. The quantitative estimate of drug-likeness (QED) is 0.878. The Morgan fingerprint density at radius 1 is 1.29 bits per heavy atom. The number of nitrogens with one attached hydrogen (secondary N) is 1. The Labute approximate surface area is 97.8 Å². The maximum atomic E-state index is 12.7. The second-order valence-electron chi connectivity index (χ2n) is 4.17. The third kappa shape index (κ3) is 2.50. The molecule has 1 N–H and O–H groups in total. The molecule has 5 heteroatoms. The molecule has 1 aliphatic rings. The van der Waals surface area contributed by atoms with Gasteiger partial charge < -0.3 is 9.84 Å². The molecule has 0 bridgehead atoms. The first-order valence-corrected chi connectivity index (χ1v) is 5.63. The first-order valence-electron chi connectivity index (χ1n) is 5.63. The maximum absolute atomic E-state index is 12.7. The summed E-state index contributed by atoms with van der Waals surface area (Å²) < 4.78 is 17.9. The minimum absolute atomic E-state index is 0.270. The summed E-state index contributed by atoms with van der Waals surface area (Å²) in [6.07, 6.45) is 2.44. The van der Waals surface area contributed by atoms with E-state index in [1.165, 1.54) is 25.0 Å². The molecule has 1 saturated carbocycles.